The molecule has 1 aromatic rings. The summed E-state index contributed by atoms with van der Waals surface area (Å²) in [5.41, 5.74) is 0.654. The molecule has 18 heavy (non-hydrogen) atoms. The van der Waals surface area contributed by atoms with Crippen molar-refractivity contribution in [2.24, 2.45) is 0 Å². The van der Waals surface area contributed by atoms with Crippen molar-refractivity contribution in [3.8, 4) is 0 Å². The highest BCUT2D eigenvalue weighted by Crippen LogP contribution is 2.13. The summed E-state index contributed by atoms with van der Waals surface area (Å²) in [6.07, 6.45) is 3.27. The number of amides is 1. The minimum atomic E-state index is -0.480. The van der Waals surface area contributed by atoms with Crippen LogP contribution in [0, 0.1) is 0 Å². The molecular formula is C13H17ClN2O2. The van der Waals surface area contributed by atoms with Crippen LogP contribution >= 0.6 is 11.6 Å². The molecule has 0 spiro atoms. The predicted octanol–water partition coefficient (Wildman–Crippen LogP) is 3.01. The molecule has 0 saturated heterocycles. The van der Waals surface area contributed by atoms with Crippen LogP contribution in [0.1, 0.15) is 0 Å². The molecule has 0 aliphatic heterocycles. The molecule has 1 aromatic carbocycles. The number of rotatable bonds is 5. The molecule has 0 heterocycles. The molecule has 0 saturated carbocycles. The Morgan fingerprint density at radius 2 is 2.00 bits per heavy atom. The van der Waals surface area contributed by atoms with E-state index in [1.54, 1.807) is 30.3 Å². The lowest BCUT2D eigenvalue weighted by atomic mass is 10.3. The molecule has 4 nitrogen and oxygen atoms in total. The number of nitrogens with one attached hydrogen (secondary N) is 1. The van der Waals surface area contributed by atoms with Crippen LogP contribution in [0.5, 0.6) is 0 Å². The summed E-state index contributed by atoms with van der Waals surface area (Å²) < 4.78 is 4.97. The Labute approximate surface area is 112 Å². The van der Waals surface area contributed by atoms with Crippen LogP contribution in [-0.4, -0.2) is 38.2 Å². The molecule has 0 fully saturated rings. The van der Waals surface area contributed by atoms with Gasteiger partial charge in [-0.05, 0) is 44.4 Å². The fourth-order valence-corrected chi connectivity index (χ4v) is 1.29. The maximum atomic E-state index is 11.4. The Morgan fingerprint density at radius 1 is 1.33 bits per heavy atom. The maximum Gasteiger partial charge on any atom is 0.411 e. The molecule has 1 rings (SSSR count). The van der Waals surface area contributed by atoms with Crippen LogP contribution in [0.3, 0.4) is 0 Å². The molecule has 0 aliphatic rings. The van der Waals surface area contributed by atoms with Crippen molar-refractivity contribution in [1.82, 2.24) is 4.90 Å². The molecule has 5 heteroatoms. The van der Waals surface area contributed by atoms with Gasteiger partial charge in [0.15, 0.2) is 0 Å². The zero-order chi connectivity index (χ0) is 13.4. The number of likely N-dealkylation sites (N-methyl/N-ethyl adjacent to an activating group) is 1. The highest BCUT2D eigenvalue weighted by atomic mass is 35.5. The van der Waals surface area contributed by atoms with E-state index in [1.807, 2.05) is 25.1 Å². The molecule has 98 valence electrons. The second-order valence-corrected chi connectivity index (χ2v) is 4.40. The Bertz CT molecular complexity index is 402. The van der Waals surface area contributed by atoms with Crippen molar-refractivity contribution in [2.75, 3.05) is 32.6 Å². The number of halogens is 1. The minimum Gasteiger partial charge on any atom is -0.445 e. The third kappa shape index (κ3) is 6.27. The fourth-order valence-electron chi connectivity index (χ4n) is 1.16. The van der Waals surface area contributed by atoms with Crippen molar-refractivity contribution in [2.45, 2.75) is 0 Å². The van der Waals surface area contributed by atoms with Gasteiger partial charge in [-0.2, -0.15) is 0 Å². The van der Waals surface area contributed by atoms with Crippen molar-refractivity contribution >= 4 is 23.4 Å². The monoisotopic (exact) mass is 268 g/mol. The van der Waals surface area contributed by atoms with E-state index >= 15 is 0 Å². The van der Waals surface area contributed by atoms with Gasteiger partial charge in [-0.1, -0.05) is 17.7 Å². The quantitative estimate of drug-likeness (QED) is 0.835. The first kappa shape index (κ1) is 14.5. The third-order valence-corrected chi connectivity index (χ3v) is 2.29. The summed E-state index contributed by atoms with van der Waals surface area (Å²) in [7, 11) is 3.94. The molecule has 1 N–H and O–H groups in total. The van der Waals surface area contributed by atoms with Crippen molar-refractivity contribution in [3.05, 3.63) is 41.4 Å². The van der Waals surface area contributed by atoms with Gasteiger partial charge in [0.1, 0.15) is 6.61 Å². The summed E-state index contributed by atoms with van der Waals surface area (Å²) >= 11 is 5.74. The first-order valence-electron chi connectivity index (χ1n) is 5.57. The van der Waals surface area contributed by atoms with E-state index in [-0.39, 0.29) is 6.61 Å². The molecule has 0 radical (unpaired) electrons. The highest BCUT2D eigenvalue weighted by molar-refractivity contribution is 6.30. The molecule has 0 unspecified atom stereocenters. The Kier molecular flexibility index (Phi) is 6.25. The van der Waals surface area contributed by atoms with E-state index in [4.69, 9.17) is 16.3 Å². The molecule has 0 aliphatic carbocycles. The van der Waals surface area contributed by atoms with Crippen LogP contribution in [-0.2, 0) is 4.74 Å². The summed E-state index contributed by atoms with van der Waals surface area (Å²) in [6, 6.07) is 6.83. The van der Waals surface area contributed by atoms with Gasteiger partial charge in [0, 0.05) is 17.3 Å². The number of hydrogen-bond acceptors (Lipinski definition) is 3. The Balaban J connectivity index is 2.25. The van der Waals surface area contributed by atoms with Gasteiger partial charge in [-0.15, -0.1) is 0 Å². The molecule has 0 bridgehead atoms. The Morgan fingerprint density at radius 3 is 2.61 bits per heavy atom. The zero-order valence-electron chi connectivity index (χ0n) is 10.5. The lowest BCUT2D eigenvalue weighted by Crippen LogP contribution is -2.14. The van der Waals surface area contributed by atoms with Gasteiger partial charge >= 0.3 is 6.09 Å². The summed E-state index contributed by atoms with van der Waals surface area (Å²) in [6.45, 7) is 1.08. The van der Waals surface area contributed by atoms with Crippen LogP contribution < -0.4 is 5.32 Å². The number of ether oxygens (including phenoxy) is 1. The van der Waals surface area contributed by atoms with Crippen molar-refractivity contribution < 1.29 is 9.53 Å². The first-order valence-corrected chi connectivity index (χ1v) is 5.95. The fraction of sp³-hybridized carbons (Fsp3) is 0.308. The minimum absolute atomic E-state index is 0.257. The first-order chi connectivity index (χ1) is 8.58. The van der Waals surface area contributed by atoms with Gasteiger partial charge < -0.3 is 9.64 Å². The number of carbonyl (C=O) groups excluding carboxylic acids is 1. The normalized spacial score (nSPS) is 10.9. The van der Waals surface area contributed by atoms with Gasteiger partial charge in [0.25, 0.3) is 0 Å². The van der Waals surface area contributed by atoms with Gasteiger partial charge in [-0.25, -0.2) is 4.79 Å². The number of anilines is 1. The van der Waals surface area contributed by atoms with Crippen LogP contribution in [0.4, 0.5) is 10.5 Å². The highest BCUT2D eigenvalue weighted by Gasteiger charge is 2.01. The smallest absolute Gasteiger partial charge is 0.411 e. The maximum absolute atomic E-state index is 11.4. The molecule has 0 atom stereocenters. The lowest BCUT2D eigenvalue weighted by Gasteiger charge is -2.06. The SMILES string of the molecule is CN(C)C/C=C/COC(=O)Nc1ccc(Cl)cc1. The Hall–Kier alpha value is -1.52. The number of nitrogens with zero attached hydrogens (tertiary/aromatic N) is 1. The van der Waals surface area contributed by atoms with E-state index in [1.165, 1.54) is 0 Å². The average molecular weight is 269 g/mol. The van der Waals surface area contributed by atoms with Crippen molar-refractivity contribution in [1.29, 1.82) is 0 Å². The summed E-state index contributed by atoms with van der Waals surface area (Å²) in [5, 5.41) is 3.23. The second kappa shape index (κ2) is 7.74. The van der Waals surface area contributed by atoms with E-state index in [0.29, 0.717) is 10.7 Å². The van der Waals surface area contributed by atoms with Crippen molar-refractivity contribution in [3.63, 3.8) is 0 Å². The largest absolute Gasteiger partial charge is 0.445 e. The van der Waals surface area contributed by atoms with E-state index < -0.39 is 6.09 Å². The summed E-state index contributed by atoms with van der Waals surface area (Å²) in [4.78, 5) is 13.4. The van der Waals surface area contributed by atoms with Gasteiger partial charge in [0.05, 0.1) is 0 Å². The molecule has 1 amide bonds. The predicted molar refractivity (Wildman–Crippen MR) is 74.1 cm³/mol. The van der Waals surface area contributed by atoms with E-state index in [0.717, 1.165) is 6.54 Å². The van der Waals surface area contributed by atoms with Crippen LogP contribution in [0.2, 0.25) is 5.02 Å². The lowest BCUT2D eigenvalue weighted by molar-refractivity contribution is 0.174. The number of benzene rings is 1. The second-order valence-electron chi connectivity index (χ2n) is 3.96. The molecule has 0 aromatic heterocycles. The standard InChI is InChI=1S/C13H17ClN2O2/c1-16(2)9-3-4-10-18-13(17)15-12-7-5-11(14)6-8-12/h3-8H,9-10H2,1-2H3,(H,15,17)/b4-3+. The van der Waals surface area contributed by atoms with Crippen LogP contribution in [0.15, 0.2) is 36.4 Å². The van der Waals surface area contributed by atoms with Crippen LogP contribution in [0.25, 0.3) is 0 Å². The topological polar surface area (TPSA) is 41.6 Å². The van der Waals surface area contributed by atoms with Gasteiger partial charge in [0.2, 0.25) is 0 Å². The number of carbonyl (C=O) groups is 1. The molecular weight excluding hydrogens is 252 g/mol. The van der Waals surface area contributed by atoms with E-state index in [2.05, 4.69) is 5.32 Å². The summed E-state index contributed by atoms with van der Waals surface area (Å²) in [5.74, 6) is 0. The number of hydrogen-bond donors (Lipinski definition) is 1. The van der Waals surface area contributed by atoms with E-state index in [9.17, 15) is 4.79 Å². The average Bonchev–Trinajstić information content (AvgIpc) is 2.31. The third-order valence-electron chi connectivity index (χ3n) is 2.04. The zero-order valence-corrected chi connectivity index (χ0v) is 11.3. The van der Waals surface area contributed by atoms with Gasteiger partial charge in [-0.3, -0.25) is 5.32 Å².